The van der Waals surface area contributed by atoms with Gasteiger partial charge >= 0.3 is 5.97 Å². The molecule has 4 N–H and O–H groups in total. The van der Waals surface area contributed by atoms with Crippen LogP contribution < -0.4 is 5.32 Å². The first kappa shape index (κ1) is 29.0. The van der Waals surface area contributed by atoms with Crippen molar-refractivity contribution >= 4 is 5.97 Å². The van der Waals surface area contributed by atoms with Crippen LogP contribution in [0.4, 0.5) is 0 Å². The SMILES string of the molecule is CCCNC1[C@@H](O)[C@](C)(COC[C@@]2(C)OC(C(=O)O)=C[C@H](O)C2OC)C(COCC)OC1(C)C. The van der Waals surface area contributed by atoms with Crippen LogP contribution in [-0.4, -0.2) is 103 Å². The van der Waals surface area contributed by atoms with E-state index in [1.54, 1.807) is 6.92 Å². The van der Waals surface area contributed by atoms with E-state index < -0.39 is 47.0 Å². The summed E-state index contributed by atoms with van der Waals surface area (Å²) < 4.78 is 29.3. The van der Waals surface area contributed by atoms with Crippen molar-refractivity contribution in [2.45, 2.75) is 89.6 Å². The van der Waals surface area contributed by atoms with E-state index in [-0.39, 0.29) is 31.6 Å². The molecule has 1 fully saturated rings. The Kier molecular flexibility index (Phi) is 9.92. The van der Waals surface area contributed by atoms with Gasteiger partial charge < -0.3 is 44.3 Å². The van der Waals surface area contributed by atoms with E-state index in [0.717, 1.165) is 19.0 Å². The molecule has 2 aliphatic rings. The molecule has 0 spiro atoms. The van der Waals surface area contributed by atoms with Crippen LogP contribution in [0.5, 0.6) is 0 Å². The molecule has 2 heterocycles. The summed E-state index contributed by atoms with van der Waals surface area (Å²) in [4.78, 5) is 11.5. The molecule has 10 nitrogen and oxygen atoms in total. The molecule has 0 bridgehead atoms. The summed E-state index contributed by atoms with van der Waals surface area (Å²) >= 11 is 0. The molecule has 10 heteroatoms. The van der Waals surface area contributed by atoms with Gasteiger partial charge in [-0.05, 0) is 46.7 Å². The zero-order valence-electron chi connectivity index (χ0n) is 21.5. The maximum Gasteiger partial charge on any atom is 0.370 e. The maximum atomic E-state index is 11.5. The molecule has 2 aliphatic heterocycles. The van der Waals surface area contributed by atoms with Crippen LogP contribution >= 0.6 is 0 Å². The van der Waals surface area contributed by atoms with Crippen LogP contribution in [0.15, 0.2) is 11.8 Å². The molecule has 0 aromatic heterocycles. The van der Waals surface area contributed by atoms with E-state index >= 15 is 0 Å². The van der Waals surface area contributed by atoms with E-state index in [1.165, 1.54) is 7.11 Å². The van der Waals surface area contributed by atoms with Crippen LogP contribution in [0.25, 0.3) is 0 Å². The lowest BCUT2D eigenvalue weighted by Gasteiger charge is -2.55. The van der Waals surface area contributed by atoms with Gasteiger partial charge in [-0.2, -0.15) is 0 Å². The van der Waals surface area contributed by atoms with Gasteiger partial charge in [0, 0.05) is 19.1 Å². The summed E-state index contributed by atoms with van der Waals surface area (Å²) in [5.74, 6) is -1.65. The number of hydrogen-bond donors (Lipinski definition) is 4. The number of aliphatic hydroxyl groups excluding tert-OH is 2. The lowest BCUT2D eigenvalue weighted by Crippen LogP contribution is -2.70. The molecule has 34 heavy (non-hydrogen) atoms. The average Bonchev–Trinajstić information content (AvgIpc) is 2.75. The zero-order valence-corrected chi connectivity index (χ0v) is 21.5. The number of aliphatic hydroxyl groups is 2. The number of methoxy groups -OCH3 is 1. The van der Waals surface area contributed by atoms with Gasteiger partial charge in [-0.25, -0.2) is 4.79 Å². The molecule has 0 aromatic rings. The molecular formula is C24H43NO9. The Hall–Kier alpha value is -1.27. The molecular weight excluding hydrogens is 446 g/mol. The first-order valence-electron chi connectivity index (χ1n) is 12.0. The molecule has 7 atom stereocenters. The number of hydrogen-bond acceptors (Lipinski definition) is 9. The predicted molar refractivity (Wildman–Crippen MR) is 124 cm³/mol. The summed E-state index contributed by atoms with van der Waals surface area (Å²) in [6, 6.07) is -0.337. The Morgan fingerprint density at radius 1 is 1.15 bits per heavy atom. The van der Waals surface area contributed by atoms with Gasteiger partial charge in [-0.1, -0.05) is 13.8 Å². The second-order valence-corrected chi connectivity index (χ2v) is 10.1. The van der Waals surface area contributed by atoms with E-state index in [4.69, 9.17) is 23.7 Å². The zero-order chi connectivity index (χ0) is 25.7. The third-order valence-corrected chi connectivity index (χ3v) is 6.85. The number of aliphatic carboxylic acids is 1. The summed E-state index contributed by atoms with van der Waals surface area (Å²) in [5, 5.41) is 34.7. The average molecular weight is 490 g/mol. The van der Waals surface area contributed by atoms with E-state index in [2.05, 4.69) is 12.2 Å². The molecule has 0 aromatic carbocycles. The molecule has 2 rings (SSSR count). The fourth-order valence-electron chi connectivity index (χ4n) is 4.85. The molecule has 0 saturated carbocycles. The van der Waals surface area contributed by atoms with Crippen molar-refractivity contribution in [3.63, 3.8) is 0 Å². The van der Waals surface area contributed by atoms with Crippen molar-refractivity contribution < 1.29 is 43.8 Å². The monoisotopic (exact) mass is 489 g/mol. The van der Waals surface area contributed by atoms with Gasteiger partial charge in [0.05, 0.1) is 43.7 Å². The Bertz CT molecular complexity index is 715. The lowest BCUT2D eigenvalue weighted by atomic mass is 9.70. The number of carbonyl (C=O) groups is 1. The van der Waals surface area contributed by atoms with Crippen molar-refractivity contribution in [2.24, 2.45) is 5.41 Å². The minimum absolute atomic E-state index is 0.0761. The third kappa shape index (κ3) is 6.10. The quantitative estimate of drug-likeness (QED) is 0.315. The first-order valence-corrected chi connectivity index (χ1v) is 12.0. The molecule has 198 valence electrons. The Labute approximate surface area is 202 Å². The highest BCUT2D eigenvalue weighted by Crippen LogP contribution is 2.42. The summed E-state index contributed by atoms with van der Waals surface area (Å²) in [7, 11) is 1.42. The van der Waals surface area contributed by atoms with Crippen LogP contribution in [0.2, 0.25) is 0 Å². The predicted octanol–water partition coefficient (Wildman–Crippen LogP) is 1.09. The minimum Gasteiger partial charge on any atom is -0.475 e. The van der Waals surface area contributed by atoms with Gasteiger partial charge in [-0.15, -0.1) is 0 Å². The van der Waals surface area contributed by atoms with Crippen LogP contribution in [0.1, 0.15) is 48.0 Å². The normalized spacial score (nSPS) is 37.7. The lowest BCUT2D eigenvalue weighted by molar-refractivity contribution is -0.261. The molecule has 0 aliphatic carbocycles. The fourth-order valence-corrected chi connectivity index (χ4v) is 4.85. The number of ether oxygens (including phenoxy) is 5. The van der Waals surface area contributed by atoms with Crippen molar-refractivity contribution in [1.82, 2.24) is 5.32 Å². The maximum absolute atomic E-state index is 11.5. The fraction of sp³-hybridized carbons (Fsp3) is 0.875. The molecule has 3 unspecified atom stereocenters. The van der Waals surface area contributed by atoms with Crippen molar-refractivity contribution in [3.8, 4) is 0 Å². The third-order valence-electron chi connectivity index (χ3n) is 6.85. The van der Waals surface area contributed by atoms with Gasteiger partial charge in [0.2, 0.25) is 5.76 Å². The summed E-state index contributed by atoms with van der Waals surface area (Å²) in [6.45, 7) is 12.9. The highest BCUT2D eigenvalue weighted by molar-refractivity contribution is 5.84. The summed E-state index contributed by atoms with van der Waals surface area (Å²) in [6.07, 6.45) is -1.25. The van der Waals surface area contributed by atoms with Gasteiger partial charge in [0.25, 0.3) is 0 Å². The summed E-state index contributed by atoms with van der Waals surface area (Å²) in [5.41, 5.74) is -2.74. The van der Waals surface area contributed by atoms with Crippen molar-refractivity contribution in [1.29, 1.82) is 0 Å². The van der Waals surface area contributed by atoms with Crippen LogP contribution in [0, 0.1) is 5.41 Å². The highest BCUT2D eigenvalue weighted by Gasteiger charge is 2.56. The second-order valence-electron chi connectivity index (χ2n) is 10.1. The van der Waals surface area contributed by atoms with Crippen molar-refractivity contribution in [3.05, 3.63) is 11.8 Å². The number of carboxylic acid groups (broad SMARTS) is 1. The standard InChI is InChI=1S/C24H43NO9/c1-8-10-25-18-19(27)23(5,17(12-31-9-2)34-22(18,3)4)13-32-14-24(6)20(30-7)15(26)11-16(33-24)21(28)29/h11,15,17-20,25-27H,8-10,12-14H2,1-7H3,(H,28,29)/t15-,17?,18?,19+,20?,23+,24+/m0/s1. The topological polar surface area (TPSA) is 136 Å². The first-order chi connectivity index (χ1) is 15.9. The highest BCUT2D eigenvalue weighted by atomic mass is 16.6. The van der Waals surface area contributed by atoms with Gasteiger partial charge in [0.15, 0.2) is 5.60 Å². The second kappa shape index (κ2) is 11.6. The van der Waals surface area contributed by atoms with Gasteiger partial charge in [-0.3, -0.25) is 0 Å². The Balaban J connectivity index is 2.23. The Morgan fingerprint density at radius 2 is 1.82 bits per heavy atom. The van der Waals surface area contributed by atoms with Crippen LogP contribution in [0.3, 0.4) is 0 Å². The van der Waals surface area contributed by atoms with E-state index in [0.29, 0.717) is 6.61 Å². The molecule has 0 amide bonds. The number of rotatable bonds is 12. The number of nitrogens with one attached hydrogen (secondary N) is 1. The Morgan fingerprint density at radius 3 is 2.38 bits per heavy atom. The van der Waals surface area contributed by atoms with Crippen molar-refractivity contribution in [2.75, 3.05) is 40.1 Å². The number of carboxylic acids is 1. The van der Waals surface area contributed by atoms with Gasteiger partial charge in [0.1, 0.15) is 12.2 Å². The smallest absolute Gasteiger partial charge is 0.370 e. The van der Waals surface area contributed by atoms with E-state index in [1.807, 2.05) is 27.7 Å². The molecule has 0 radical (unpaired) electrons. The van der Waals surface area contributed by atoms with E-state index in [9.17, 15) is 20.1 Å². The largest absolute Gasteiger partial charge is 0.475 e. The van der Waals surface area contributed by atoms with Crippen LogP contribution in [-0.2, 0) is 28.5 Å². The minimum atomic E-state index is -1.29. The molecule has 1 saturated heterocycles.